The van der Waals surface area contributed by atoms with E-state index in [1.807, 2.05) is 0 Å². The first kappa shape index (κ1) is 17.8. The van der Waals surface area contributed by atoms with Crippen LogP contribution in [-0.4, -0.2) is 31.6 Å². The van der Waals surface area contributed by atoms with E-state index in [1.54, 1.807) is 54.6 Å². The van der Waals surface area contributed by atoms with Crippen LogP contribution in [0.5, 0.6) is 0 Å². The van der Waals surface area contributed by atoms with E-state index >= 15 is 0 Å². The zero-order chi connectivity index (χ0) is 16.7. The third kappa shape index (κ3) is 5.89. The molecule has 0 aromatic heterocycles. The average Bonchev–Trinajstić information content (AvgIpc) is 2.55. The summed E-state index contributed by atoms with van der Waals surface area (Å²) in [4.78, 5) is 12.1. The molecule has 0 spiro atoms. The van der Waals surface area contributed by atoms with Crippen LogP contribution >= 0.6 is 23.4 Å². The number of amides is 1. The van der Waals surface area contributed by atoms with Crippen molar-refractivity contribution in [3.63, 3.8) is 0 Å². The molecule has 7 heteroatoms. The fraction of sp³-hybridized carbons (Fsp3) is 0.188. The molecule has 2 rings (SSSR count). The lowest BCUT2D eigenvalue weighted by molar-refractivity contribution is -0.113. The number of sulfone groups is 1. The first-order chi connectivity index (χ1) is 11.0. The van der Waals surface area contributed by atoms with Crippen LogP contribution in [0.2, 0.25) is 5.02 Å². The van der Waals surface area contributed by atoms with Crippen LogP contribution in [0.4, 0.5) is 5.69 Å². The number of carbonyl (C=O) groups excluding carboxylic acids is 1. The highest BCUT2D eigenvalue weighted by Gasteiger charge is 2.13. The Bertz CT molecular complexity index is 747. The van der Waals surface area contributed by atoms with Gasteiger partial charge in [0, 0.05) is 16.5 Å². The monoisotopic (exact) mass is 369 g/mol. The largest absolute Gasteiger partial charge is 0.325 e. The molecule has 122 valence electrons. The zero-order valence-corrected chi connectivity index (χ0v) is 14.6. The van der Waals surface area contributed by atoms with Gasteiger partial charge in [-0.05, 0) is 36.4 Å². The van der Waals surface area contributed by atoms with Crippen molar-refractivity contribution in [1.82, 2.24) is 0 Å². The van der Waals surface area contributed by atoms with Gasteiger partial charge in [-0.2, -0.15) is 11.8 Å². The summed E-state index contributed by atoms with van der Waals surface area (Å²) in [6, 6.07) is 15.1. The molecule has 0 fully saturated rings. The summed E-state index contributed by atoms with van der Waals surface area (Å²) in [6.45, 7) is 0. The Kier molecular flexibility index (Phi) is 6.50. The van der Waals surface area contributed by atoms with Gasteiger partial charge >= 0.3 is 0 Å². The molecule has 0 bridgehead atoms. The molecule has 0 saturated heterocycles. The van der Waals surface area contributed by atoms with Crippen molar-refractivity contribution in [2.24, 2.45) is 0 Å². The van der Waals surface area contributed by atoms with E-state index in [1.165, 1.54) is 11.8 Å². The van der Waals surface area contributed by atoms with Crippen molar-refractivity contribution in [2.45, 2.75) is 4.90 Å². The van der Waals surface area contributed by atoms with Crippen LogP contribution in [0.3, 0.4) is 0 Å². The molecule has 4 nitrogen and oxygen atoms in total. The van der Waals surface area contributed by atoms with Gasteiger partial charge in [0.05, 0.1) is 16.4 Å². The minimum atomic E-state index is -3.29. The second kappa shape index (κ2) is 8.38. The third-order valence-electron chi connectivity index (χ3n) is 2.96. The lowest BCUT2D eigenvalue weighted by Gasteiger charge is -2.06. The molecule has 0 heterocycles. The van der Waals surface area contributed by atoms with Crippen LogP contribution in [-0.2, 0) is 14.6 Å². The highest BCUT2D eigenvalue weighted by molar-refractivity contribution is 8.01. The Morgan fingerprint density at radius 2 is 1.70 bits per heavy atom. The summed E-state index contributed by atoms with van der Waals surface area (Å²) in [6.07, 6.45) is 0. The van der Waals surface area contributed by atoms with Gasteiger partial charge in [-0.3, -0.25) is 4.79 Å². The second-order valence-corrected chi connectivity index (χ2v) is 8.39. The lowest BCUT2D eigenvalue weighted by Crippen LogP contribution is -2.16. The molecule has 1 amide bonds. The molecular weight excluding hydrogens is 354 g/mol. The topological polar surface area (TPSA) is 63.2 Å². The fourth-order valence-corrected chi connectivity index (χ4v) is 4.49. The first-order valence-electron chi connectivity index (χ1n) is 6.88. The number of thioether (sulfide) groups is 1. The average molecular weight is 370 g/mol. The Labute approximate surface area is 145 Å². The van der Waals surface area contributed by atoms with Gasteiger partial charge in [0.25, 0.3) is 0 Å². The van der Waals surface area contributed by atoms with Crippen molar-refractivity contribution in [3.05, 3.63) is 59.6 Å². The number of anilines is 1. The normalized spacial score (nSPS) is 11.2. The molecule has 2 aromatic rings. The fourth-order valence-electron chi connectivity index (χ4n) is 1.81. The predicted molar refractivity (Wildman–Crippen MR) is 95.9 cm³/mol. The molecule has 23 heavy (non-hydrogen) atoms. The Hall–Kier alpha value is -1.50. The number of nitrogens with one attached hydrogen (secondary N) is 1. The molecular formula is C16H16ClNO3S2. The maximum Gasteiger partial charge on any atom is 0.234 e. The van der Waals surface area contributed by atoms with Crippen molar-refractivity contribution < 1.29 is 13.2 Å². The Morgan fingerprint density at radius 3 is 2.35 bits per heavy atom. The number of hydrogen-bond acceptors (Lipinski definition) is 4. The van der Waals surface area contributed by atoms with Crippen LogP contribution < -0.4 is 5.32 Å². The van der Waals surface area contributed by atoms with Crippen LogP contribution in [0.15, 0.2) is 59.5 Å². The van der Waals surface area contributed by atoms with Crippen molar-refractivity contribution in [1.29, 1.82) is 0 Å². The minimum Gasteiger partial charge on any atom is -0.325 e. The summed E-state index contributed by atoms with van der Waals surface area (Å²) in [5, 5.41) is 3.33. The summed E-state index contributed by atoms with van der Waals surface area (Å²) < 4.78 is 24.1. The molecule has 1 N–H and O–H groups in total. The predicted octanol–water partition coefficient (Wildman–Crippen LogP) is 3.49. The molecule has 0 radical (unpaired) electrons. The van der Waals surface area contributed by atoms with Crippen LogP contribution in [0, 0.1) is 0 Å². The van der Waals surface area contributed by atoms with E-state index in [9.17, 15) is 13.2 Å². The zero-order valence-electron chi connectivity index (χ0n) is 12.2. The van der Waals surface area contributed by atoms with E-state index in [4.69, 9.17) is 11.6 Å². The number of hydrogen-bond donors (Lipinski definition) is 1. The van der Waals surface area contributed by atoms with Crippen molar-refractivity contribution in [3.8, 4) is 0 Å². The maximum atomic E-state index is 12.1. The highest BCUT2D eigenvalue weighted by Crippen LogP contribution is 2.15. The first-order valence-corrected chi connectivity index (χ1v) is 10.1. The van der Waals surface area contributed by atoms with Crippen molar-refractivity contribution in [2.75, 3.05) is 22.6 Å². The number of benzene rings is 2. The van der Waals surface area contributed by atoms with E-state index in [0.717, 1.165) is 0 Å². The van der Waals surface area contributed by atoms with Gasteiger partial charge in [0.15, 0.2) is 9.84 Å². The second-order valence-electron chi connectivity index (χ2n) is 4.74. The number of rotatable bonds is 7. The molecule has 0 aliphatic rings. The minimum absolute atomic E-state index is 0.00983. The number of halogens is 1. The van der Waals surface area contributed by atoms with E-state index in [0.29, 0.717) is 21.4 Å². The van der Waals surface area contributed by atoms with Crippen LogP contribution in [0.1, 0.15) is 0 Å². The van der Waals surface area contributed by atoms with Gasteiger partial charge in [-0.15, -0.1) is 0 Å². The van der Waals surface area contributed by atoms with Gasteiger partial charge < -0.3 is 5.32 Å². The molecule has 2 aromatic carbocycles. The smallest absolute Gasteiger partial charge is 0.234 e. The summed E-state index contributed by atoms with van der Waals surface area (Å²) in [5.41, 5.74) is 0.664. The molecule has 0 atom stereocenters. The Morgan fingerprint density at radius 1 is 1.04 bits per heavy atom. The van der Waals surface area contributed by atoms with Crippen molar-refractivity contribution >= 4 is 44.8 Å². The van der Waals surface area contributed by atoms with Gasteiger partial charge in [0.2, 0.25) is 5.91 Å². The maximum absolute atomic E-state index is 12.1. The summed E-state index contributed by atoms with van der Waals surface area (Å²) in [7, 11) is -3.29. The third-order valence-corrected chi connectivity index (χ3v) is 6.16. The standard InChI is InChI=1S/C16H16ClNO3S2/c17-13-6-8-14(9-7-13)18-16(19)12-22-10-11-23(20,21)15-4-2-1-3-5-15/h1-9H,10-12H2,(H,18,19). The van der Waals surface area contributed by atoms with E-state index in [-0.39, 0.29) is 17.4 Å². The van der Waals surface area contributed by atoms with E-state index in [2.05, 4.69) is 5.32 Å². The molecule has 0 unspecified atom stereocenters. The lowest BCUT2D eigenvalue weighted by atomic mass is 10.3. The Balaban J connectivity index is 1.75. The van der Waals surface area contributed by atoms with Gasteiger partial charge in [0.1, 0.15) is 0 Å². The molecule has 0 aliphatic heterocycles. The quantitative estimate of drug-likeness (QED) is 0.759. The van der Waals surface area contributed by atoms with E-state index < -0.39 is 9.84 Å². The number of carbonyl (C=O) groups is 1. The summed E-state index contributed by atoms with van der Waals surface area (Å²) >= 11 is 7.06. The highest BCUT2D eigenvalue weighted by atomic mass is 35.5. The SMILES string of the molecule is O=C(CSCCS(=O)(=O)c1ccccc1)Nc1ccc(Cl)cc1. The van der Waals surface area contributed by atoms with Gasteiger partial charge in [-0.25, -0.2) is 8.42 Å². The summed E-state index contributed by atoms with van der Waals surface area (Å²) in [5.74, 6) is 0.406. The molecule has 0 aliphatic carbocycles. The molecule has 0 saturated carbocycles. The van der Waals surface area contributed by atoms with Crippen LogP contribution in [0.25, 0.3) is 0 Å². The van der Waals surface area contributed by atoms with Gasteiger partial charge in [-0.1, -0.05) is 29.8 Å².